The van der Waals surface area contributed by atoms with Gasteiger partial charge in [0.25, 0.3) is 5.91 Å². The van der Waals surface area contributed by atoms with Crippen LogP contribution in [-0.2, 0) is 0 Å². The predicted molar refractivity (Wildman–Crippen MR) is 76.3 cm³/mol. The largest absolute Gasteiger partial charge is 0.495 e. The topological polar surface area (TPSA) is 55.6 Å². The van der Waals surface area contributed by atoms with Crippen molar-refractivity contribution in [2.24, 2.45) is 5.92 Å². The molecule has 2 rings (SSSR count). The van der Waals surface area contributed by atoms with E-state index in [1.165, 1.54) is 12.8 Å². The highest BCUT2D eigenvalue weighted by atomic mass is 16.5. The van der Waals surface area contributed by atoms with Crippen LogP contribution in [-0.4, -0.2) is 31.0 Å². The highest BCUT2D eigenvalue weighted by Gasteiger charge is 2.27. The molecule has 19 heavy (non-hydrogen) atoms. The number of nitrogens with two attached hydrogens (primary N) is 1. The van der Waals surface area contributed by atoms with Gasteiger partial charge in [-0.25, -0.2) is 0 Å². The van der Waals surface area contributed by atoms with Gasteiger partial charge in [-0.15, -0.1) is 0 Å². The molecular weight excluding hydrogens is 240 g/mol. The van der Waals surface area contributed by atoms with Crippen molar-refractivity contribution in [3.05, 3.63) is 23.8 Å². The fourth-order valence-corrected chi connectivity index (χ4v) is 2.21. The summed E-state index contributed by atoms with van der Waals surface area (Å²) in [7, 11) is 1.57. The van der Waals surface area contributed by atoms with Crippen LogP contribution in [0.5, 0.6) is 5.75 Å². The van der Waals surface area contributed by atoms with Gasteiger partial charge in [0, 0.05) is 18.7 Å². The predicted octanol–water partition coefficient (Wildman–Crippen LogP) is 2.54. The van der Waals surface area contributed by atoms with E-state index in [2.05, 4.69) is 6.92 Å². The molecule has 1 aromatic carbocycles. The first kappa shape index (κ1) is 13.7. The molecule has 1 aliphatic rings. The van der Waals surface area contributed by atoms with Crippen LogP contribution in [0.3, 0.4) is 0 Å². The van der Waals surface area contributed by atoms with E-state index in [0.29, 0.717) is 22.9 Å². The zero-order chi connectivity index (χ0) is 13.8. The monoisotopic (exact) mass is 262 g/mol. The van der Waals surface area contributed by atoms with E-state index >= 15 is 0 Å². The van der Waals surface area contributed by atoms with Crippen molar-refractivity contribution in [3.63, 3.8) is 0 Å². The number of methoxy groups -OCH3 is 1. The first-order valence-corrected chi connectivity index (χ1v) is 6.88. The molecule has 1 fully saturated rings. The molecule has 0 spiro atoms. The number of amides is 1. The summed E-state index contributed by atoms with van der Waals surface area (Å²) in [6.45, 7) is 3.77. The van der Waals surface area contributed by atoms with Crippen molar-refractivity contribution in [3.8, 4) is 5.75 Å². The Balaban J connectivity index is 2.12. The summed E-state index contributed by atoms with van der Waals surface area (Å²) in [5, 5.41) is 0. The summed E-state index contributed by atoms with van der Waals surface area (Å²) in [5.74, 6) is 1.38. The molecule has 4 heteroatoms. The van der Waals surface area contributed by atoms with Crippen LogP contribution in [0.4, 0.5) is 5.69 Å². The van der Waals surface area contributed by atoms with E-state index in [1.807, 2.05) is 4.90 Å². The Kier molecular flexibility index (Phi) is 4.30. The Hall–Kier alpha value is -1.71. The maximum absolute atomic E-state index is 12.5. The van der Waals surface area contributed by atoms with Crippen LogP contribution in [0.15, 0.2) is 18.2 Å². The van der Waals surface area contributed by atoms with Crippen molar-refractivity contribution < 1.29 is 9.53 Å². The summed E-state index contributed by atoms with van der Waals surface area (Å²) in [4.78, 5) is 14.4. The molecule has 4 nitrogen and oxygen atoms in total. The van der Waals surface area contributed by atoms with Gasteiger partial charge in [0.2, 0.25) is 0 Å². The van der Waals surface area contributed by atoms with Crippen molar-refractivity contribution in [2.75, 3.05) is 25.9 Å². The minimum Gasteiger partial charge on any atom is -0.495 e. The van der Waals surface area contributed by atoms with E-state index in [0.717, 1.165) is 19.5 Å². The lowest BCUT2D eigenvalue weighted by atomic mass is 10.1. The van der Waals surface area contributed by atoms with Crippen LogP contribution < -0.4 is 10.5 Å². The number of benzene rings is 1. The summed E-state index contributed by atoms with van der Waals surface area (Å²) in [5.41, 5.74) is 7.02. The zero-order valence-corrected chi connectivity index (χ0v) is 11.7. The van der Waals surface area contributed by atoms with Crippen molar-refractivity contribution in [1.82, 2.24) is 4.90 Å². The molecule has 0 saturated heterocycles. The second-order valence-electron chi connectivity index (χ2n) is 5.15. The number of carbonyl (C=O) groups excluding carboxylic acids is 1. The van der Waals surface area contributed by atoms with Gasteiger partial charge < -0.3 is 15.4 Å². The van der Waals surface area contributed by atoms with E-state index in [1.54, 1.807) is 25.3 Å². The van der Waals surface area contributed by atoms with E-state index in [4.69, 9.17) is 10.5 Å². The Labute approximate surface area is 114 Å². The molecule has 2 N–H and O–H groups in total. The maximum Gasteiger partial charge on any atom is 0.253 e. The number of nitrogens with zero attached hydrogens (tertiary/aromatic N) is 1. The van der Waals surface area contributed by atoms with Crippen LogP contribution in [0, 0.1) is 5.92 Å². The van der Waals surface area contributed by atoms with Crippen molar-refractivity contribution >= 4 is 11.6 Å². The fourth-order valence-electron chi connectivity index (χ4n) is 2.21. The maximum atomic E-state index is 12.5. The highest BCUT2D eigenvalue weighted by Crippen LogP contribution is 2.30. The quantitative estimate of drug-likeness (QED) is 0.801. The van der Waals surface area contributed by atoms with Crippen LogP contribution in [0.25, 0.3) is 0 Å². The van der Waals surface area contributed by atoms with Crippen molar-refractivity contribution in [1.29, 1.82) is 0 Å². The first-order valence-electron chi connectivity index (χ1n) is 6.88. The number of hydrogen-bond donors (Lipinski definition) is 1. The Morgan fingerprint density at radius 2 is 2.21 bits per heavy atom. The van der Waals surface area contributed by atoms with Crippen LogP contribution in [0.2, 0.25) is 0 Å². The molecule has 0 aromatic heterocycles. The van der Waals surface area contributed by atoms with Gasteiger partial charge in [0.1, 0.15) is 5.75 Å². The molecule has 0 atom stereocenters. The van der Waals surface area contributed by atoms with Crippen molar-refractivity contribution in [2.45, 2.75) is 26.2 Å². The standard InChI is InChI=1S/C15H22N2O2/c1-3-8-17(10-11-4-5-11)15(18)12-6-7-14(19-2)13(16)9-12/h6-7,9,11H,3-5,8,10,16H2,1-2H3. The third-order valence-corrected chi connectivity index (χ3v) is 3.43. The highest BCUT2D eigenvalue weighted by molar-refractivity contribution is 5.95. The number of anilines is 1. The average molecular weight is 262 g/mol. The smallest absolute Gasteiger partial charge is 0.253 e. The van der Waals surface area contributed by atoms with Gasteiger partial charge >= 0.3 is 0 Å². The first-order chi connectivity index (χ1) is 9.15. The molecule has 0 radical (unpaired) electrons. The zero-order valence-electron chi connectivity index (χ0n) is 11.7. The Bertz CT molecular complexity index is 455. The number of rotatable bonds is 6. The molecular formula is C15H22N2O2. The molecule has 1 aromatic rings. The lowest BCUT2D eigenvalue weighted by Gasteiger charge is -2.22. The fraction of sp³-hybridized carbons (Fsp3) is 0.533. The summed E-state index contributed by atoms with van der Waals surface area (Å²) >= 11 is 0. The second kappa shape index (κ2) is 5.95. The normalized spacial score (nSPS) is 14.2. The van der Waals surface area contributed by atoms with Gasteiger partial charge in [-0.1, -0.05) is 6.92 Å². The number of carbonyl (C=O) groups is 1. The summed E-state index contributed by atoms with van der Waals surface area (Å²) in [6.07, 6.45) is 3.47. The number of ether oxygens (including phenoxy) is 1. The molecule has 0 aliphatic heterocycles. The molecule has 0 bridgehead atoms. The average Bonchev–Trinajstić information content (AvgIpc) is 3.21. The molecule has 1 amide bonds. The second-order valence-corrected chi connectivity index (χ2v) is 5.15. The summed E-state index contributed by atoms with van der Waals surface area (Å²) in [6, 6.07) is 5.24. The Morgan fingerprint density at radius 3 is 2.74 bits per heavy atom. The van der Waals surface area contributed by atoms with Gasteiger partial charge in [-0.05, 0) is 43.4 Å². The van der Waals surface area contributed by atoms with Gasteiger partial charge in [-0.3, -0.25) is 4.79 Å². The van der Waals surface area contributed by atoms with E-state index in [9.17, 15) is 4.79 Å². The molecule has 0 unspecified atom stereocenters. The van der Waals surface area contributed by atoms with Crippen LogP contribution >= 0.6 is 0 Å². The van der Waals surface area contributed by atoms with Gasteiger partial charge in [0.05, 0.1) is 12.8 Å². The summed E-state index contributed by atoms with van der Waals surface area (Å²) < 4.78 is 5.11. The third kappa shape index (κ3) is 3.40. The Morgan fingerprint density at radius 1 is 1.47 bits per heavy atom. The van der Waals surface area contributed by atoms with Gasteiger partial charge in [-0.2, -0.15) is 0 Å². The molecule has 1 aliphatic carbocycles. The lowest BCUT2D eigenvalue weighted by molar-refractivity contribution is 0.0748. The van der Waals surface area contributed by atoms with E-state index in [-0.39, 0.29) is 5.91 Å². The van der Waals surface area contributed by atoms with Crippen LogP contribution in [0.1, 0.15) is 36.5 Å². The number of hydrogen-bond acceptors (Lipinski definition) is 3. The SMILES string of the molecule is CCCN(CC1CC1)C(=O)c1ccc(OC)c(N)c1. The van der Waals surface area contributed by atoms with Gasteiger partial charge in [0.15, 0.2) is 0 Å². The third-order valence-electron chi connectivity index (χ3n) is 3.43. The molecule has 104 valence electrons. The molecule has 1 saturated carbocycles. The minimum absolute atomic E-state index is 0.0723. The number of nitrogen functional groups attached to an aromatic ring is 1. The molecule has 0 heterocycles. The minimum atomic E-state index is 0.0723. The van der Waals surface area contributed by atoms with E-state index < -0.39 is 0 Å². The lowest BCUT2D eigenvalue weighted by Crippen LogP contribution is -2.33.